The summed E-state index contributed by atoms with van der Waals surface area (Å²) >= 11 is 1.37. The molecule has 0 saturated heterocycles. The molecule has 30 heavy (non-hydrogen) atoms. The third-order valence-corrected chi connectivity index (χ3v) is 5.33. The number of carbonyl (C=O) groups is 2. The minimum absolute atomic E-state index is 0.0789. The van der Waals surface area contributed by atoms with Crippen LogP contribution in [-0.2, 0) is 16.1 Å². The highest BCUT2D eigenvalue weighted by Gasteiger charge is 2.41. The number of alkyl halides is 3. The van der Waals surface area contributed by atoms with Crippen molar-refractivity contribution in [1.29, 1.82) is 0 Å². The van der Waals surface area contributed by atoms with E-state index in [1.807, 2.05) is 12.1 Å². The Labute approximate surface area is 177 Å². The number of anilines is 1. The molecule has 162 valence electrons. The number of nitrogens with one attached hydrogen (secondary N) is 1. The van der Waals surface area contributed by atoms with Gasteiger partial charge in [-0.2, -0.15) is 13.2 Å². The van der Waals surface area contributed by atoms with Crippen LogP contribution >= 0.6 is 11.8 Å². The van der Waals surface area contributed by atoms with Gasteiger partial charge in [0, 0.05) is 23.7 Å². The highest BCUT2D eigenvalue weighted by atomic mass is 32.2. The Morgan fingerprint density at radius 3 is 2.40 bits per heavy atom. The van der Waals surface area contributed by atoms with Gasteiger partial charge in [0.15, 0.2) is 0 Å². The van der Waals surface area contributed by atoms with Crippen molar-refractivity contribution >= 4 is 29.3 Å². The molecule has 0 bridgehead atoms. The molecular formula is C21H23F3N2O3S. The molecular weight excluding hydrogens is 417 g/mol. The van der Waals surface area contributed by atoms with Gasteiger partial charge in [0.05, 0.1) is 12.4 Å². The van der Waals surface area contributed by atoms with Crippen LogP contribution in [-0.4, -0.2) is 41.8 Å². The van der Waals surface area contributed by atoms with Crippen molar-refractivity contribution < 1.29 is 27.5 Å². The van der Waals surface area contributed by atoms with Crippen molar-refractivity contribution in [2.24, 2.45) is 0 Å². The summed E-state index contributed by atoms with van der Waals surface area (Å²) in [5, 5.41) is 2.36. The number of ether oxygens (including phenoxy) is 1. The number of thioether (sulfide) groups is 1. The maximum atomic E-state index is 12.7. The third-order valence-electron chi connectivity index (χ3n) is 4.22. The molecule has 2 aromatic rings. The number of nitrogens with zero attached hydrogens (tertiary/aromatic N) is 1. The summed E-state index contributed by atoms with van der Waals surface area (Å²) in [6, 6.07) is 13.8. The molecule has 0 aliphatic heterocycles. The molecule has 0 fully saturated rings. The van der Waals surface area contributed by atoms with E-state index in [1.54, 1.807) is 50.4 Å². The smallest absolute Gasteiger partial charge is 0.471 e. The first kappa shape index (κ1) is 23.6. The summed E-state index contributed by atoms with van der Waals surface area (Å²) in [6.45, 7) is 2.96. The monoisotopic (exact) mass is 440 g/mol. The molecule has 0 heterocycles. The Hall–Kier alpha value is -2.68. The zero-order valence-corrected chi connectivity index (χ0v) is 17.6. The Morgan fingerprint density at radius 1 is 1.17 bits per heavy atom. The van der Waals surface area contributed by atoms with Gasteiger partial charge in [0.25, 0.3) is 0 Å². The first-order chi connectivity index (χ1) is 14.1. The molecule has 1 unspecified atom stereocenters. The van der Waals surface area contributed by atoms with Crippen molar-refractivity contribution in [1.82, 2.24) is 4.90 Å². The average Bonchev–Trinajstić information content (AvgIpc) is 2.71. The van der Waals surface area contributed by atoms with Crippen molar-refractivity contribution in [3.05, 3.63) is 54.1 Å². The van der Waals surface area contributed by atoms with Crippen LogP contribution in [0.2, 0.25) is 0 Å². The van der Waals surface area contributed by atoms with E-state index < -0.39 is 17.3 Å². The normalized spacial score (nSPS) is 12.2. The topological polar surface area (TPSA) is 58.6 Å². The number of amides is 2. The van der Waals surface area contributed by atoms with Gasteiger partial charge < -0.3 is 15.0 Å². The SMILES string of the molecule is CCN(Cc1cccc(NC(=O)C(C)Sc2ccc(OC)cc2)c1)C(=O)C(F)(F)F. The predicted octanol–water partition coefficient (Wildman–Crippen LogP) is 4.73. The molecule has 0 saturated carbocycles. The first-order valence-electron chi connectivity index (χ1n) is 9.20. The lowest BCUT2D eigenvalue weighted by molar-refractivity contribution is -0.185. The fourth-order valence-electron chi connectivity index (χ4n) is 2.63. The Balaban J connectivity index is 2.01. The average molecular weight is 440 g/mol. The van der Waals surface area contributed by atoms with Gasteiger partial charge in [0.1, 0.15) is 5.75 Å². The first-order valence-corrected chi connectivity index (χ1v) is 10.1. The predicted molar refractivity (Wildman–Crippen MR) is 111 cm³/mol. The Bertz CT molecular complexity index is 873. The molecule has 9 heteroatoms. The second-order valence-electron chi connectivity index (χ2n) is 6.44. The summed E-state index contributed by atoms with van der Waals surface area (Å²) in [7, 11) is 1.57. The molecule has 1 atom stereocenters. The minimum atomic E-state index is -4.92. The summed E-state index contributed by atoms with van der Waals surface area (Å²) < 4.78 is 43.2. The van der Waals surface area contributed by atoms with E-state index in [0.717, 1.165) is 10.6 Å². The van der Waals surface area contributed by atoms with Gasteiger partial charge in [-0.15, -0.1) is 11.8 Å². The van der Waals surface area contributed by atoms with Crippen LogP contribution in [0.3, 0.4) is 0 Å². The summed E-state index contributed by atoms with van der Waals surface area (Å²) in [5.74, 6) is -1.41. The second kappa shape index (κ2) is 10.4. The number of methoxy groups -OCH3 is 1. The number of rotatable bonds is 8. The fourth-order valence-corrected chi connectivity index (χ4v) is 3.50. The van der Waals surface area contributed by atoms with Crippen molar-refractivity contribution in [2.45, 2.75) is 36.7 Å². The number of hydrogen-bond acceptors (Lipinski definition) is 4. The van der Waals surface area contributed by atoms with Gasteiger partial charge in [-0.3, -0.25) is 9.59 Å². The molecule has 2 aromatic carbocycles. The molecule has 0 spiro atoms. The van der Waals surface area contributed by atoms with E-state index in [-0.39, 0.29) is 19.0 Å². The van der Waals surface area contributed by atoms with Crippen molar-refractivity contribution in [3.8, 4) is 5.75 Å². The van der Waals surface area contributed by atoms with Crippen LogP contribution in [0, 0.1) is 0 Å². The van der Waals surface area contributed by atoms with Crippen molar-refractivity contribution in [2.75, 3.05) is 19.0 Å². The number of halogens is 3. The zero-order valence-electron chi connectivity index (χ0n) is 16.8. The number of benzene rings is 2. The Kier molecular flexibility index (Phi) is 8.16. The molecule has 0 aliphatic carbocycles. The van der Waals surface area contributed by atoms with E-state index in [9.17, 15) is 22.8 Å². The molecule has 2 amide bonds. The fraction of sp³-hybridized carbons (Fsp3) is 0.333. The molecule has 0 radical (unpaired) electrons. The van der Waals surface area contributed by atoms with Crippen LogP contribution in [0.15, 0.2) is 53.4 Å². The lowest BCUT2D eigenvalue weighted by atomic mass is 10.2. The van der Waals surface area contributed by atoms with Gasteiger partial charge in [0.2, 0.25) is 5.91 Å². The van der Waals surface area contributed by atoms with Crippen LogP contribution in [0.1, 0.15) is 19.4 Å². The molecule has 0 aliphatic rings. The summed E-state index contributed by atoms with van der Waals surface area (Å²) in [4.78, 5) is 25.6. The second-order valence-corrected chi connectivity index (χ2v) is 7.86. The minimum Gasteiger partial charge on any atom is -0.497 e. The molecule has 1 N–H and O–H groups in total. The van der Waals surface area contributed by atoms with Gasteiger partial charge in [-0.05, 0) is 55.8 Å². The molecule has 2 rings (SSSR count). The summed E-state index contributed by atoms with van der Waals surface area (Å²) in [5.41, 5.74) is 0.943. The number of carbonyl (C=O) groups excluding carboxylic acids is 2. The van der Waals surface area contributed by atoms with E-state index in [2.05, 4.69) is 5.32 Å². The Morgan fingerprint density at radius 2 is 1.83 bits per heavy atom. The standard InChI is InChI=1S/C21H23F3N2O3S/c1-4-26(20(28)21(22,23)24)13-15-6-5-7-16(12-15)25-19(27)14(2)30-18-10-8-17(29-3)9-11-18/h5-12,14H,4,13H2,1-3H3,(H,25,27). The van der Waals surface area contributed by atoms with Gasteiger partial charge >= 0.3 is 12.1 Å². The highest BCUT2D eigenvalue weighted by molar-refractivity contribution is 8.00. The van der Waals surface area contributed by atoms with Crippen LogP contribution < -0.4 is 10.1 Å². The van der Waals surface area contributed by atoms with Gasteiger partial charge in [-0.25, -0.2) is 0 Å². The highest BCUT2D eigenvalue weighted by Crippen LogP contribution is 2.26. The van der Waals surface area contributed by atoms with Gasteiger partial charge in [-0.1, -0.05) is 12.1 Å². The molecule has 0 aromatic heterocycles. The van der Waals surface area contributed by atoms with E-state index in [1.165, 1.54) is 18.7 Å². The maximum Gasteiger partial charge on any atom is 0.471 e. The molecule has 5 nitrogen and oxygen atoms in total. The van der Waals surface area contributed by atoms with E-state index in [4.69, 9.17) is 4.74 Å². The van der Waals surface area contributed by atoms with E-state index >= 15 is 0 Å². The van der Waals surface area contributed by atoms with Crippen LogP contribution in [0.5, 0.6) is 5.75 Å². The zero-order chi connectivity index (χ0) is 22.3. The third kappa shape index (κ3) is 6.69. The van der Waals surface area contributed by atoms with Crippen molar-refractivity contribution in [3.63, 3.8) is 0 Å². The summed E-state index contributed by atoms with van der Waals surface area (Å²) in [6.07, 6.45) is -4.92. The van der Waals surface area contributed by atoms with Crippen LogP contribution in [0.4, 0.5) is 18.9 Å². The largest absolute Gasteiger partial charge is 0.497 e. The maximum absolute atomic E-state index is 12.7. The van der Waals surface area contributed by atoms with E-state index in [0.29, 0.717) is 16.2 Å². The lowest BCUT2D eigenvalue weighted by Gasteiger charge is -2.22. The number of hydrogen-bond donors (Lipinski definition) is 1. The lowest BCUT2D eigenvalue weighted by Crippen LogP contribution is -2.40. The van der Waals surface area contributed by atoms with Crippen LogP contribution in [0.25, 0.3) is 0 Å². The quantitative estimate of drug-likeness (QED) is 0.604.